The number of nitrogens with zero attached hydrogens (tertiary/aromatic N) is 2. The van der Waals surface area contributed by atoms with Crippen LogP contribution < -0.4 is 0 Å². The van der Waals surface area contributed by atoms with Crippen molar-refractivity contribution in [2.75, 3.05) is 26.8 Å². The van der Waals surface area contributed by atoms with Gasteiger partial charge in [0, 0.05) is 18.7 Å². The van der Waals surface area contributed by atoms with Gasteiger partial charge in [-0.15, -0.1) is 0 Å². The highest BCUT2D eigenvalue weighted by Gasteiger charge is 2.54. The number of aromatic amines is 1. The summed E-state index contributed by atoms with van der Waals surface area (Å²) in [5, 5.41) is 6.79. The maximum atomic E-state index is 12.8. The predicted octanol–water partition coefficient (Wildman–Crippen LogP) is 2.13. The Morgan fingerprint density at radius 2 is 2.20 bits per heavy atom. The summed E-state index contributed by atoms with van der Waals surface area (Å²) in [6.45, 7) is 3.62. The van der Waals surface area contributed by atoms with E-state index in [1.165, 1.54) is 5.56 Å². The van der Waals surface area contributed by atoms with Crippen LogP contribution in [-0.4, -0.2) is 59.5 Å². The fourth-order valence-electron chi connectivity index (χ4n) is 4.11. The van der Waals surface area contributed by atoms with E-state index in [0.29, 0.717) is 31.2 Å². The van der Waals surface area contributed by atoms with Crippen LogP contribution in [0.1, 0.15) is 34.0 Å². The highest BCUT2D eigenvalue weighted by atomic mass is 16.6. The first-order valence-electron chi connectivity index (χ1n) is 8.64. The van der Waals surface area contributed by atoms with E-state index in [9.17, 15) is 4.79 Å². The first-order valence-corrected chi connectivity index (χ1v) is 8.64. The SMILES string of the molecule is CO[C@@H]1CN(C(=O)c2cn[nH]c2C)C[C@]12C[C@H](c1ccccc1)CO2. The van der Waals surface area contributed by atoms with Gasteiger partial charge in [0.1, 0.15) is 11.7 Å². The number of hydrogen-bond acceptors (Lipinski definition) is 4. The Bertz CT molecular complexity index is 760. The fourth-order valence-corrected chi connectivity index (χ4v) is 4.11. The van der Waals surface area contributed by atoms with Crippen molar-refractivity contribution in [1.82, 2.24) is 15.1 Å². The lowest BCUT2D eigenvalue weighted by Crippen LogP contribution is -2.42. The molecule has 132 valence electrons. The standard InChI is InChI=1S/C19H23N3O3/c1-13-16(9-20-21-13)18(23)22-10-17(24-2)19(12-22)8-15(11-25-19)14-6-4-3-5-7-14/h3-7,9,15,17H,8,10-12H2,1-2H3,(H,20,21)/t15-,17+,19+/m0/s1. The minimum absolute atomic E-state index is 0.0167. The van der Waals surface area contributed by atoms with E-state index in [-0.39, 0.29) is 12.0 Å². The van der Waals surface area contributed by atoms with Gasteiger partial charge in [-0.2, -0.15) is 5.10 Å². The zero-order valence-electron chi connectivity index (χ0n) is 14.6. The molecule has 1 aromatic carbocycles. The molecular formula is C19H23N3O3. The quantitative estimate of drug-likeness (QED) is 0.929. The van der Waals surface area contributed by atoms with Crippen LogP contribution in [0.4, 0.5) is 0 Å². The first kappa shape index (κ1) is 16.3. The van der Waals surface area contributed by atoms with Crippen LogP contribution in [0.15, 0.2) is 36.5 Å². The molecule has 3 atom stereocenters. The average molecular weight is 341 g/mol. The highest BCUT2D eigenvalue weighted by molar-refractivity contribution is 5.95. The summed E-state index contributed by atoms with van der Waals surface area (Å²) in [6, 6.07) is 10.4. The van der Waals surface area contributed by atoms with Gasteiger partial charge in [-0.05, 0) is 18.9 Å². The summed E-state index contributed by atoms with van der Waals surface area (Å²) in [6.07, 6.45) is 2.34. The molecule has 25 heavy (non-hydrogen) atoms. The molecule has 0 saturated carbocycles. The van der Waals surface area contributed by atoms with Crippen molar-refractivity contribution < 1.29 is 14.3 Å². The Labute approximate surface area is 147 Å². The number of ether oxygens (including phenoxy) is 2. The number of benzene rings is 1. The third-order valence-electron chi connectivity index (χ3n) is 5.50. The minimum atomic E-state index is -0.428. The minimum Gasteiger partial charge on any atom is -0.377 e. The maximum absolute atomic E-state index is 12.8. The smallest absolute Gasteiger partial charge is 0.257 e. The second kappa shape index (κ2) is 6.28. The van der Waals surface area contributed by atoms with Crippen LogP contribution in [-0.2, 0) is 9.47 Å². The maximum Gasteiger partial charge on any atom is 0.257 e. The summed E-state index contributed by atoms with van der Waals surface area (Å²) in [7, 11) is 1.70. The van der Waals surface area contributed by atoms with Crippen LogP contribution in [0.25, 0.3) is 0 Å². The lowest BCUT2D eigenvalue weighted by atomic mass is 9.87. The van der Waals surface area contributed by atoms with E-state index in [1.807, 2.05) is 17.9 Å². The van der Waals surface area contributed by atoms with E-state index in [4.69, 9.17) is 9.47 Å². The van der Waals surface area contributed by atoms with Crippen molar-refractivity contribution in [3.8, 4) is 0 Å². The number of aryl methyl sites for hydroxylation is 1. The van der Waals surface area contributed by atoms with Crippen molar-refractivity contribution in [3.63, 3.8) is 0 Å². The lowest BCUT2D eigenvalue weighted by molar-refractivity contribution is -0.0755. The van der Waals surface area contributed by atoms with Crippen LogP contribution in [0.5, 0.6) is 0 Å². The second-order valence-corrected chi connectivity index (χ2v) is 7.01. The number of hydrogen-bond donors (Lipinski definition) is 1. The van der Waals surface area contributed by atoms with Gasteiger partial charge in [0.2, 0.25) is 0 Å². The van der Waals surface area contributed by atoms with Gasteiger partial charge >= 0.3 is 0 Å². The zero-order valence-corrected chi connectivity index (χ0v) is 14.6. The number of nitrogens with one attached hydrogen (secondary N) is 1. The predicted molar refractivity (Wildman–Crippen MR) is 92.5 cm³/mol. The molecule has 0 aliphatic carbocycles. The highest BCUT2D eigenvalue weighted by Crippen LogP contribution is 2.43. The van der Waals surface area contributed by atoms with Crippen molar-refractivity contribution >= 4 is 5.91 Å². The number of amides is 1. The van der Waals surface area contributed by atoms with Gasteiger partial charge in [0.25, 0.3) is 5.91 Å². The van der Waals surface area contributed by atoms with Gasteiger partial charge in [-0.25, -0.2) is 0 Å². The fraction of sp³-hybridized carbons (Fsp3) is 0.474. The van der Waals surface area contributed by atoms with Gasteiger partial charge in [-0.3, -0.25) is 9.89 Å². The van der Waals surface area contributed by atoms with Crippen LogP contribution in [0.2, 0.25) is 0 Å². The Kier molecular flexibility index (Phi) is 4.09. The molecule has 2 fully saturated rings. The van der Waals surface area contributed by atoms with Crippen LogP contribution in [0.3, 0.4) is 0 Å². The third kappa shape index (κ3) is 2.75. The lowest BCUT2D eigenvalue weighted by Gasteiger charge is -2.28. The molecular weight excluding hydrogens is 318 g/mol. The largest absolute Gasteiger partial charge is 0.377 e. The van der Waals surface area contributed by atoms with Crippen LogP contribution in [0, 0.1) is 6.92 Å². The number of carbonyl (C=O) groups is 1. The Morgan fingerprint density at radius 3 is 2.88 bits per heavy atom. The summed E-state index contributed by atoms with van der Waals surface area (Å²) in [5.74, 6) is 0.321. The average Bonchev–Trinajstić information content (AvgIpc) is 3.35. The van der Waals surface area contributed by atoms with E-state index in [2.05, 4.69) is 34.5 Å². The summed E-state index contributed by atoms with van der Waals surface area (Å²) < 4.78 is 12.0. The zero-order chi connectivity index (χ0) is 17.4. The molecule has 0 radical (unpaired) electrons. The monoisotopic (exact) mass is 341 g/mol. The Balaban J connectivity index is 1.54. The van der Waals surface area contributed by atoms with E-state index >= 15 is 0 Å². The molecule has 6 heteroatoms. The number of H-pyrrole nitrogens is 1. The Hall–Kier alpha value is -2.18. The van der Waals surface area contributed by atoms with Crippen LogP contribution >= 0.6 is 0 Å². The molecule has 0 unspecified atom stereocenters. The second-order valence-electron chi connectivity index (χ2n) is 7.01. The molecule has 2 aromatic rings. The topological polar surface area (TPSA) is 67.5 Å². The number of carbonyl (C=O) groups excluding carboxylic acids is 1. The van der Waals surface area contributed by atoms with Gasteiger partial charge in [0.15, 0.2) is 0 Å². The number of likely N-dealkylation sites (tertiary alicyclic amines) is 1. The molecule has 2 aliphatic rings. The van der Waals surface area contributed by atoms with E-state index in [1.54, 1.807) is 13.3 Å². The van der Waals surface area contributed by atoms with Gasteiger partial charge in [0.05, 0.1) is 31.5 Å². The summed E-state index contributed by atoms with van der Waals surface area (Å²) in [5.41, 5.74) is 2.26. The van der Waals surface area contributed by atoms with Crippen molar-refractivity contribution in [2.45, 2.75) is 31.0 Å². The molecule has 3 heterocycles. The third-order valence-corrected chi connectivity index (χ3v) is 5.50. The molecule has 1 N–H and O–H groups in total. The number of aromatic nitrogens is 2. The molecule has 1 spiro atoms. The first-order chi connectivity index (χ1) is 12.1. The molecule has 2 aliphatic heterocycles. The van der Waals surface area contributed by atoms with E-state index in [0.717, 1.165) is 12.1 Å². The van der Waals surface area contributed by atoms with Crippen molar-refractivity contribution in [2.24, 2.45) is 0 Å². The molecule has 0 bridgehead atoms. The van der Waals surface area contributed by atoms with E-state index < -0.39 is 5.60 Å². The molecule has 4 rings (SSSR count). The van der Waals surface area contributed by atoms with Crippen molar-refractivity contribution in [3.05, 3.63) is 53.3 Å². The number of rotatable bonds is 3. The van der Waals surface area contributed by atoms with Gasteiger partial charge < -0.3 is 14.4 Å². The molecule has 1 aromatic heterocycles. The van der Waals surface area contributed by atoms with Gasteiger partial charge in [-0.1, -0.05) is 30.3 Å². The summed E-state index contributed by atoms with van der Waals surface area (Å²) >= 11 is 0. The molecule has 2 saturated heterocycles. The molecule has 6 nitrogen and oxygen atoms in total. The summed E-state index contributed by atoms with van der Waals surface area (Å²) in [4.78, 5) is 14.7. The normalized spacial score (nSPS) is 28.8. The number of methoxy groups -OCH3 is 1. The van der Waals surface area contributed by atoms with Crippen molar-refractivity contribution in [1.29, 1.82) is 0 Å². The molecule has 1 amide bonds. The Morgan fingerprint density at radius 1 is 1.40 bits per heavy atom.